The summed E-state index contributed by atoms with van der Waals surface area (Å²) in [7, 11) is 0. The molecule has 0 aliphatic carbocycles. The normalized spacial score (nSPS) is 11.5. The Morgan fingerprint density at radius 2 is 2.07 bits per heavy atom. The highest BCUT2D eigenvalue weighted by Crippen LogP contribution is 2.40. The quantitative estimate of drug-likeness (QED) is 0.674. The molecule has 0 amide bonds. The number of rotatable bonds is 1. The number of halogens is 4. The summed E-state index contributed by atoms with van der Waals surface area (Å²) in [6, 6.07) is 3.44. The Balaban J connectivity index is 2.82. The van der Waals surface area contributed by atoms with Crippen molar-refractivity contribution in [1.82, 2.24) is 0 Å². The summed E-state index contributed by atoms with van der Waals surface area (Å²) >= 11 is 10.4. The number of alkyl halides is 2. The van der Waals surface area contributed by atoms with Crippen LogP contribution in [0.15, 0.2) is 22.0 Å². The van der Waals surface area contributed by atoms with Gasteiger partial charge in [0.1, 0.15) is 0 Å². The van der Waals surface area contributed by atoms with Crippen LogP contribution in [0.1, 0.15) is 12.0 Å². The lowest BCUT2D eigenvalue weighted by atomic mass is 10.2. The molecule has 0 bridgehead atoms. The summed E-state index contributed by atoms with van der Waals surface area (Å²) in [6.45, 7) is 0. The third-order valence-electron chi connectivity index (χ3n) is 1.89. The second-order valence-corrected chi connectivity index (χ2v) is 4.84. The van der Waals surface area contributed by atoms with Crippen LogP contribution in [-0.2, 0) is 0 Å². The van der Waals surface area contributed by atoms with Gasteiger partial charge in [-0.1, -0.05) is 11.6 Å². The van der Waals surface area contributed by atoms with Crippen LogP contribution in [0.25, 0.3) is 10.1 Å². The molecule has 1 aromatic heterocycles. The first-order valence-corrected chi connectivity index (χ1v) is 5.79. The SMILES string of the molecule is FC(F)c1csc2ccc(Cl)c(Br)c12. The first-order chi connectivity index (χ1) is 6.61. The van der Waals surface area contributed by atoms with E-state index in [0.29, 0.717) is 14.9 Å². The number of hydrogen-bond donors (Lipinski definition) is 0. The standard InChI is InChI=1S/C9H4BrClF2S/c10-8-5(11)1-2-6-7(8)4(3-14-6)9(12)13/h1-3,9H. The minimum Gasteiger partial charge on any atom is -0.205 e. The highest BCUT2D eigenvalue weighted by molar-refractivity contribution is 9.10. The molecule has 0 aliphatic heterocycles. The Labute approximate surface area is 96.6 Å². The lowest BCUT2D eigenvalue weighted by molar-refractivity contribution is 0.153. The summed E-state index contributed by atoms with van der Waals surface area (Å²) in [4.78, 5) is 0. The van der Waals surface area contributed by atoms with E-state index in [1.54, 1.807) is 12.1 Å². The minimum absolute atomic E-state index is 0.0411. The van der Waals surface area contributed by atoms with Crippen molar-refractivity contribution in [3.63, 3.8) is 0 Å². The Morgan fingerprint density at radius 1 is 1.36 bits per heavy atom. The Morgan fingerprint density at radius 3 is 2.71 bits per heavy atom. The molecule has 14 heavy (non-hydrogen) atoms. The summed E-state index contributed by atoms with van der Waals surface area (Å²) in [5.41, 5.74) is 0.0411. The maximum atomic E-state index is 12.6. The Bertz CT molecular complexity index is 481. The van der Waals surface area contributed by atoms with E-state index < -0.39 is 6.43 Å². The highest BCUT2D eigenvalue weighted by atomic mass is 79.9. The summed E-state index contributed by atoms with van der Waals surface area (Å²) in [6.07, 6.45) is -2.46. The molecule has 0 spiro atoms. The molecule has 0 radical (unpaired) electrons. The van der Waals surface area contributed by atoms with E-state index in [0.717, 1.165) is 4.70 Å². The van der Waals surface area contributed by atoms with Crippen molar-refractivity contribution in [1.29, 1.82) is 0 Å². The Hall–Kier alpha value is -0.190. The van der Waals surface area contributed by atoms with Gasteiger partial charge >= 0.3 is 0 Å². The van der Waals surface area contributed by atoms with E-state index in [1.165, 1.54) is 16.7 Å². The number of thiophene rings is 1. The zero-order chi connectivity index (χ0) is 10.3. The molecule has 1 heterocycles. The van der Waals surface area contributed by atoms with Crippen LogP contribution < -0.4 is 0 Å². The zero-order valence-corrected chi connectivity index (χ0v) is 9.89. The van der Waals surface area contributed by atoms with Gasteiger partial charge in [0.25, 0.3) is 6.43 Å². The average molecular weight is 298 g/mol. The van der Waals surface area contributed by atoms with Gasteiger partial charge in [-0.3, -0.25) is 0 Å². The second kappa shape index (κ2) is 3.76. The van der Waals surface area contributed by atoms with Crippen LogP contribution in [0, 0.1) is 0 Å². The van der Waals surface area contributed by atoms with Gasteiger partial charge in [-0.2, -0.15) is 0 Å². The van der Waals surface area contributed by atoms with Crippen molar-refractivity contribution in [3.05, 3.63) is 32.6 Å². The van der Waals surface area contributed by atoms with Crippen LogP contribution in [-0.4, -0.2) is 0 Å². The average Bonchev–Trinajstić information content (AvgIpc) is 2.55. The molecule has 74 valence electrons. The maximum Gasteiger partial charge on any atom is 0.265 e. The predicted molar refractivity (Wildman–Crippen MR) is 59.5 cm³/mol. The molecule has 0 aliphatic rings. The van der Waals surface area contributed by atoms with E-state index in [9.17, 15) is 8.78 Å². The topological polar surface area (TPSA) is 0 Å². The van der Waals surface area contributed by atoms with E-state index in [1.807, 2.05) is 0 Å². The molecule has 5 heteroatoms. The molecular formula is C9H4BrClF2S. The number of benzene rings is 1. The molecule has 0 unspecified atom stereocenters. The third-order valence-corrected chi connectivity index (χ3v) is 4.23. The van der Waals surface area contributed by atoms with Crippen LogP contribution in [0.2, 0.25) is 5.02 Å². The maximum absolute atomic E-state index is 12.6. The van der Waals surface area contributed by atoms with Crippen molar-refractivity contribution >= 4 is 49.0 Å². The third kappa shape index (κ3) is 1.55. The van der Waals surface area contributed by atoms with Gasteiger partial charge in [0.2, 0.25) is 0 Å². The van der Waals surface area contributed by atoms with Crippen molar-refractivity contribution in [3.8, 4) is 0 Å². The molecule has 0 fully saturated rings. The molecule has 0 atom stereocenters. The lowest BCUT2D eigenvalue weighted by Crippen LogP contribution is -1.81. The fourth-order valence-electron chi connectivity index (χ4n) is 1.25. The molecule has 0 nitrogen and oxygen atoms in total. The number of hydrogen-bond acceptors (Lipinski definition) is 1. The minimum atomic E-state index is -2.46. The largest absolute Gasteiger partial charge is 0.265 e. The van der Waals surface area contributed by atoms with Gasteiger partial charge < -0.3 is 0 Å². The highest BCUT2D eigenvalue weighted by Gasteiger charge is 2.16. The molecule has 0 saturated heterocycles. The van der Waals surface area contributed by atoms with Crippen LogP contribution in [0.3, 0.4) is 0 Å². The Kier molecular flexibility index (Phi) is 2.77. The van der Waals surface area contributed by atoms with Crippen LogP contribution in [0.5, 0.6) is 0 Å². The lowest BCUT2D eigenvalue weighted by Gasteiger charge is -2.01. The van der Waals surface area contributed by atoms with E-state index >= 15 is 0 Å². The van der Waals surface area contributed by atoms with Crippen LogP contribution in [0.4, 0.5) is 8.78 Å². The molecule has 0 saturated carbocycles. The fourth-order valence-corrected chi connectivity index (χ4v) is 3.07. The van der Waals surface area contributed by atoms with Crippen molar-refractivity contribution < 1.29 is 8.78 Å². The van der Waals surface area contributed by atoms with Crippen molar-refractivity contribution in [2.24, 2.45) is 0 Å². The van der Waals surface area contributed by atoms with Crippen molar-refractivity contribution in [2.45, 2.75) is 6.43 Å². The van der Waals surface area contributed by atoms with Crippen molar-refractivity contribution in [2.75, 3.05) is 0 Å². The molecule has 0 N–H and O–H groups in total. The molecule has 1 aromatic carbocycles. The summed E-state index contributed by atoms with van der Waals surface area (Å²) < 4.78 is 26.5. The van der Waals surface area contributed by atoms with Gasteiger partial charge in [0.05, 0.1) is 5.02 Å². The fraction of sp³-hybridized carbons (Fsp3) is 0.111. The van der Waals surface area contributed by atoms with Gasteiger partial charge in [0, 0.05) is 25.5 Å². The van der Waals surface area contributed by atoms with E-state index in [-0.39, 0.29) is 5.56 Å². The van der Waals surface area contributed by atoms with E-state index in [4.69, 9.17) is 11.6 Å². The van der Waals surface area contributed by atoms with Crippen LogP contribution >= 0.6 is 38.9 Å². The molecular weight excluding hydrogens is 294 g/mol. The monoisotopic (exact) mass is 296 g/mol. The van der Waals surface area contributed by atoms with Gasteiger partial charge in [-0.15, -0.1) is 11.3 Å². The molecule has 2 rings (SSSR count). The smallest absolute Gasteiger partial charge is 0.205 e. The predicted octanol–water partition coefficient (Wildman–Crippen LogP) is 5.25. The first-order valence-electron chi connectivity index (χ1n) is 3.74. The van der Waals surface area contributed by atoms with Gasteiger partial charge in [-0.25, -0.2) is 8.78 Å². The second-order valence-electron chi connectivity index (χ2n) is 2.73. The molecule has 2 aromatic rings. The first kappa shape index (κ1) is 10.3. The summed E-state index contributed by atoms with van der Waals surface area (Å²) in [5.74, 6) is 0. The van der Waals surface area contributed by atoms with Gasteiger partial charge in [0.15, 0.2) is 0 Å². The van der Waals surface area contributed by atoms with E-state index in [2.05, 4.69) is 15.9 Å². The number of fused-ring (bicyclic) bond motifs is 1. The van der Waals surface area contributed by atoms with Gasteiger partial charge in [-0.05, 0) is 28.1 Å². The summed E-state index contributed by atoms with van der Waals surface area (Å²) in [5, 5.41) is 2.45. The zero-order valence-electron chi connectivity index (χ0n) is 6.73.